The third-order valence-corrected chi connectivity index (χ3v) is 3.66. The minimum absolute atomic E-state index is 0.0678. The fourth-order valence-electron chi connectivity index (χ4n) is 2.59. The zero-order valence-corrected chi connectivity index (χ0v) is 10.9. The van der Waals surface area contributed by atoms with Gasteiger partial charge in [-0.05, 0) is 32.4 Å². The van der Waals surface area contributed by atoms with Gasteiger partial charge in [0.1, 0.15) is 11.3 Å². The number of nitrogens with one attached hydrogen (secondary N) is 1. The van der Waals surface area contributed by atoms with Crippen LogP contribution in [0.15, 0.2) is 34.7 Å². The monoisotopic (exact) mass is 245 g/mol. The molecule has 3 heteroatoms. The van der Waals surface area contributed by atoms with E-state index in [0.29, 0.717) is 0 Å². The van der Waals surface area contributed by atoms with E-state index in [-0.39, 0.29) is 11.6 Å². The van der Waals surface area contributed by atoms with Gasteiger partial charge in [0.25, 0.3) is 0 Å². The SMILES string of the molecule is C[C@@H](N[C@]1(C)CCOC1)c1cc2ccccc2o1. The molecule has 0 amide bonds. The largest absolute Gasteiger partial charge is 0.459 e. The Morgan fingerprint density at radius 1 is 1.33 bits per heavy atom. The summed E-state index contributed by atoms with van der Waals surface area (Å²) < 4.78 is 11.3. The molecule has 96 valence electrons. The first-order chi connectivity index (χ1) is 8.66. The molecule has 1 aromatic carbocycles. The molecule has 0 spiro atoms. The number of ether oxygens (including phenoxy) is 1. The predicted molar refractivity (Wildman–Crippen MR) is 71.6 cm³/mol. The predicted octanol–water partition coefficient (Wildman–Crippen LogP) is 3.26. The van der Waals surface area contributed by atoms with E-state index < -0.39 is 0 Å². The van der Waals surface area contributed by atoms with Crippen LogP contribution in [0.5, 0.6) is 0 Å². The highest BCUT2D eigenvalue weighted by atomic mass is 16.5. The molecule has 1 aromatic heterocycles. The van der Waals surface area contributed by atoms with E-state index in [4.69, 9.17) is 9.15 Å². The summed E-state index contributed by atoms with van der Waals surface area (Å²) in [5, 5.41) is 4.77. The lowest BCUT2D eigenvalue weighted by molar-refractivity contribution is 0.166. The van der Waals surface area contributed by atoms with Gasteiger partial charge in [-0.25, -0.2) is 0 Å². The van der Waals surface area contributed by atoms with Gasteiger partial charge in [0, 0.05) is 17.5 Å². The highest BCUT2D eigenvalue weighted by molar-refractivity contribution is 5.77. The first kappa shape index (κ1) is 11.8. The van der Waals surface area contributed by atoms with Gasteiger partial charge in [-0.3, -0.25) is 5.32 Å². The Morgan fingerprint density at radius 3 is 2.89 bits per heavy atom. The number of para-hydroxylation sites is 1. The molecule has 3 nitrogen and oxygen atoms in total. The molecule has 1 aliphatic rings. The summed E-state index contributed by atoms with van der Waals surface area (Å²) in [5.41, 5.74) is 1.02. The average Bonchev–Trinajstić information content (AvgIpc) is 2.95. The maximum absolute atomic E-state index is 5.88. The van der Waals surface area contributed by atoms with Crippen molar-refractivity contribution >= 4 is 11.0 Å². The average molecular weight is 245 g/mol. The van der Waals surface area contributed by atoms with Gasteiger partial charge in [0.05, 0.1) is 12.6 Å². The summed E-state index contributed by atoms with van der Waals surface area (Å²) in [6.45, 7) is 5.97. The number of hydrogen-bond donors (Lipinski definition) is 1. The Hall–Kier alpha value is -1.32. The Morgan fingerprint density at radius 2 is 2.17 bits per heavy atom. The van der Waals surface area contributed by atoms with Crippen molar-refractivity contribution in [3.8, 4) is 0 Å². The van der Waals surface area contributed by atoms with Gasteiger partial charge in [-0.1, -0.05) is 18.2 Å². The zero-order chi connectivity index (χ0) is 12.6. The lowest BCUT2D eigenvalue weighted by atomic mass is 10.00. The Bertz CT molecular complexity index is 507. The highest BCUT2D eigenvalue weighted by Gasteiger charge is 2.31. The number of furan rings is 1. The molecular weight excluding hydrogens is 226 g/mol. The lowest BCUT2D eigenvalue weighted by Gasteiger charge is -2.27. The van der Waals surface area contributed by atoms with Crippen molar-refractivity contribution in [3.05, 3.63) is 36.1 Å². The molecule has 2 atom stereocenters. The number of benzene rings is 1. The van der Waals surface area contributed by atoms with Crippen LogP contribution in [0, 0.1) is 0 Å². The molecule has 0 aliphatic carbocycles. The number of fused-ring (bicyclic) bond motifs is 1. The molecular formula is C15H19NO2. The first-order valence-corrected chi connectivity index (χ1v) is 6.50. The van der Waals surface area contributed by atoms with Gasteiger partial charge < -0.3 is 9.15 Å². The van der Waals surface area contributed by atoms with E-state index in [1.54, 1.807) is 0 Å². The number of hydrogen-bond acceptors (Lipinski definition) is 3. The Labute approximate surface area is 107 Å². The summed E-state index contributed by atoms with van der Waals surface area (Å²) >= 11 is 0. The van der Waals surface area contributed by atoms with Crippen molar-refractivity contribution in [2.45, 2.75) is 31.8 Å². The fraction of sp³-hybridized carbons (Fsp3) is 0.467. The Kier molecular flexibility index (Phi) is 2.88. The van der Waals surface area contributed by atoms with Crippen LogP contribution in [0.4, 0.5) is 0 Å². The second-order valence-electron chi connectivity index (χ2n) is 5.42. The normalized spacial score (nSPS) is 25.7. The number of rotatable bonds is 3. The molecule has 3 rings (SSSR count). The quantitative estimate of drug-likeness (QED) is 0.901. The maximum atomic E-state index is 5.88. The van der Waals surface area contributed by atoms with E-state index in [0.717, 1.165) is 36.4 Å². The van der Waals surface area contributed by atoms with Crippen molar-refractivity contribution in [2.75, 3.05) is 13.2 Å². The van der Waals surface area contributed by atoms with Gasteiger partial charge in [-0.15, -0.1) is 0 Å². The third-order valence-electron chi connectivity index (χ3n) is 3.66. The van der Waals surface area contributed by atoms with E-state index >= 15 is 0 Å². The molecule has 1 fully saturated rings. The molecule has 18 heavy (non-hydrogen) atoms. The second kappa shape index (κ2) is 4.41. The van der Waals surface area contributed by atoms with Crippen LogP contribution in [-0.4, -0.2) is 18.8 Å². The van der Waals surface area contributed by atoms with Crippen molar-refractivity contribution in [1.29, 1.82) is 0 Å². The summed E-state index contributed by atoms with van der Waals surface area (Å²) in [4.78, 5) is 0. The summed E-state index contributed by atoms with van der Waals surface area (Å²) in [5.74, 6) is 0.990. The maximum Gasteiger partial charge on any atom is 0.134 e. The van der Waals surface area contributed by atoms with Crippen LogP contribution >= 0.6 is 0 Å². The molecule has 0 unspecified atom stereocenters. The summed E-state index contributed by atoms with van der Waals surface area (Å²) in [6.07, 6.45) is 1.05. The molecule has 0 saturated carbocycles. The van der Waals surface area contributed by atoms with Crippen molar-refractivity contribution < 1.29 is 9.15 Å². The standard InChI is InChI=1S/C15H19NO2/c1-11(16-15(2)7-8-17-10-15)14-9-12-5-3-4-6-13(12)18-14/h3-6,9,11,16H,7-8,10H2,1-2H3/t11-,15-/m1/s1. The van der Waals surface area contributed by atoms with Gasteiger partial charge in [-0.2, -0.15) is 0 Å². The van der Waals surface area contributed by atoms with E-state index in [9.17, 15) is 0 Å². The van der Waals surface area contributed by atoms with Crippen LogP contribution < -0.4 is 5.32 Å². The van der Waals surface area contributed by atoms with Gasteiger partial charge in [0.15, 0.2) is 0 Å². The van der Waals surface area contributed by atoms with Crippen molar-refractivity contribution in [2.24, 2.45) is 0 Å². The van der Waals surface area contributed by atoms with Crippen LogP contribution in [0.3, 0.4) is 0 Å². The highest BCUT2D eigenvalue weighted by Crippen LogP contribution is 2.27. The van der Waals surface area contributed by atoms with Gasteiger partial charge >= 0.3 is 0 Å². The van der Waals surface area contributed by atoms with Crippen LogP contribution in [-0.2, 0) is 4.74 Å². The third kappa shape index (κ3) is 2.16. The van der Waals surface area contributed by atoms with E-state index in [1.165, 1.54) is 0 Å². The molecule has 1 N–H and O–H groups in total. The van der Waals surface area contributed by atoms with Crippen LogP contribution in [0.25, 0.3) is 11.0 Å². The summed E-state index contributed by atoms with van der Waals surface area (Å²) in [6, 6.07) is 10.4. The van der Waals surface area contributed by atoms with Crippen molar-refractivity contribution in [3.63, 3.8) is 0 Å². The molecule has 2 aromatic rings. The van der Waals surface area contributed by atoms with E-state index in [1.807, 2.05) is 18.2 Å². The minimum atomic E-state index is 0.0678. The molecule has 2 heterocycles. The molecule has 1 saturated heterocycles. The topological polar surface area (TPSA) is 34.4 Å². The summed E-state index contributed by atoms with van der Waals surface area (Å²) in [7, 11) is 0. The molecule has 1 aliphatic heterocycles. The lowest BCUT2D eigenvalue weighted by Crippen LogP contribution is -2.44. The molecule has 0 radical (unpaired) electrons. The fourth-order valence-corrected chi connectivity index (χ4v) is 2.59. The smallest absolute Gasteiger partial charge is 0.134 e. The first-order valence-electron chi connectivity index (χ1n) is 6.50. The van der Waals surface area contributed by atoms with Crippen LogP contribution in [0.2, 0.25) is 0 Å². The molecule has 0 bridgehead atoms. The van der Waals surface area contributed by atoms with E-state index in [2.05, 4.69) is 31.3 Å². The second-order valence-corrected chi connectivity index (χ2v) is 5.42. The Balaban J connectivity index is 1.81. The van der Waals surface area contributed by atoms with Gasteiger partial charge in [0.2, 0.25) is 0 Å². The minimum Gasteiger partial charge on any atom is -0.459 e. The van der Waals surface area contributed by atoms with Crippen LogP contribution in [0.1, 0.15) is 32.1 Å². The van der Waals surface area contributed by atoms with Crippen molar-refractivity contribution in [1.82, 2.24) is 5.32 Å². The zero-order valence-electron chi connectivity index (χ0n) is 10.9.